The van der Waals surface area contributed by atoms with Crippen molar-refractivity contribution in [3.05, 3.63) is 41.0 Å². The topological polar surface area (TPSA) is 102 Å². The third kappa shape index (κ3) is 16.2. The Labute approximate surface area is 379 Å². The van der Waals surface area contributed by atoms with Crippen LogP contribution >= 0.6 is 0 Å². The maximum absolute atomic E-state index is 12.9. The average Bonchev–Trinajstić information content (AvgIpc) is 3.27. The van der Waals surface area contributed by atoms with Crippen LogP contribution < -0.4 is 4.74 Å². The second-order valence-corrected chi connectivity index (χ2v) is 21.6. The van der Waals surface area contributed by atoms with Crippen molar-refractivity contribution < 1.29 is 34.0 Å². The molecule has 1 aromatic rings. The summed E-state index contributed by atoms with van der Waals surface area (Å²) in [6.45, 7) is 18.3. The van der Waals surface area contributed by atoms with Crippen LogP contribution in [0.2, 0.25) is 0 Å². The van der Waals surface area contributed by atoms with Gasteiger partial charge in [-0.25, -0.2) is 4.79 Å². The Morgan fingerprint density at radius 1 is 0.726 bits per heavy atom. The first-order valence-corrected chi connectivity index (χ1v) is 25.8. The molecular formula is C55H92O7. The Morgan fingerprint density at radius 2 is 1.24 bits per heavy atom. The second-order valence-electron chi connectivity index (χ2n) is 21.6. The molecule has 0 radical (unpaired) electrons. The highest BCUT2D eigenvalue weighted by molar-refractivity contribution is 5.86. The summed E-state index contributed by atoms with van der Waals surface area (Å²) in [4.78, 5) is 25.3. The Morgan fingerprint density at radius 3 is 1.73 bits per heavy atom. The summed E-state index contributed by atoms with van der Waals surface area (Å²) >= 11 is 0. The lowest BCUT2D eigenvalue weighted by atomic mass is 9.64. The Bertz CT molecular complexity index is 1460. The fourth-order valence-corrected chi connectivity index (χ4v) is 11.4. The number of hydrogen-bond acceptors (Lipinski definition) is 7. The van der Waals surface area contributed by atoms with Gasteiger partial charge >= 0.3 is 11.9 Å². The van der Waals surface area contributed by atoms with Crippen LogP contribution in [0.3, 0.4) is 0 Å². The first-order chi connectivity index (χ1) is 29.8. The number of unbranched alkanes of at least 4 members (excludes halogenated alkanes) is 3. The van der Waals surface area contributed by atoms with Crippen molar-refractivity contribution in [3.63, 3.8) is 0 Å². The normalized spacial score (nSPS) is 24.0. The lowest BCUT2D eigenvalue weighted by molar-refractivity contribution is -0.152. The first-order valence-electron chi connectivity index (χ1n) is 25.8. The smallest absolute Gasteiger partial charge is 0.333 e. The van der Waals surface area contributed by atoms with Crippen molar-refractivity contribution in [2.75, 3.05) is 33.0 Å². The van der Waals surface area contributed by atoms with Gasteiger partial charge in [-0.2, -0.15) is 0 Å². The zero-order chi connectivity index (χ0) is 45.1. The van der Waals surface area contributed by atoms with E-state index in [0.717, 1.165) is 78.6 Å². The van der Waals surface area contributed by atoms with E-state index in [1.165, 1.54) is 108 Å². The van der Waals surface area contributed by atoms with Gasteiger partial charge in [-0.05, 0) is 163 Å². The van der Waals surface area contributed by atoms with Crippen molar-refractivity contribution in [2.45, 2.75) is 208 Å². The fraction of sp³-hybridized carbons (Fsp3) is 0.818. The average molecular weight is 865 g/mol. The summed E-state index contributed by atoms with van der Waals surface area (Å²) in [6, 6.07) is 4.58. The Balaban J connectivity index is 1.48. The highest BCUT2D eigenvalue weighted by Crippen LogP contribution is 2.48. The SMILES string of the molecule is C=C(C)C(=O)OCCc1cc(C2CCC(C3CCC(C4CCC(CCCCC)CC4)CC3)CC2)cc(CCOC(=O)C(C)(C)C)c1OCCC(CO)(CO)CC(CC)CCCC. The van der Waals surface area contributed by atoms with Crippen LogP contribution in [0.25, 0.3) is 0 Å². The minimum atomic E-state index is -0.640. The molecule has 0 bridgehead atoms. The summed E-state index contributed by atoms with van der Waals surface area (Å²) in [5.41, 5.74) is 2.40. The van der Waals surface area contributed by atoms with E-state index in [2.05, 4.69) is 39.5 Å². The molecule has 7 nitrogen and oxygen atoms in total. The minimum Gasteiger partial charge on any atom is -0.493 e. The summed E-state index contributed by atoms with van der Waals surface area (Å²) in [6.07, 6.45) is 28.7. The lowest BCUT2D eigenvalue weighted by Gasteiger charge is -2.41. The van der Waals surface area contributed by atoms with Gasteiger partial charge in [0.25, 0.3) is 0 Å². The largest absolute Gasteiger partial charge is 0.493 e. The van der Waals surface area contributed by atoms with Crippen LogP contribution in [0.5, 0.6) is 5.75 Å². The van der Waals surface area contributed by atoms with E-state index >= 15 is 0 Å². The van der Waals surface area contributed by atoms with Crippen LogP contribution in [0, 0.1) is 46.3 Å². The summed E-state index contributed by atoms with van der Waals surface area (Å²) in [5, 5.41) is 21.3. The summed E-state index contributed by atoms with van der Waals surface area (Å²) < 4.78 is 18.2. The number of esters is 2. The molecule has 0 spiro atoms. The van der Waals surface area contributed by atoms with Crippen LogP contribution in [0.1, 0.15) is 212 Å². The number of carbonyl (C=O) groups is 2. The van der Waals surface area contributed by atoms with Gasteiger partial charge in [0.05, 0.1) is 38.4 Å². The van der Waals surface area contributed by atoms with Gasteiger partial charge in [-0.15, -0.1) is 0 Å². The molecule has 1 aromatic carbocycles. The van der Waals surface area contributed by atoms with E-state index in [1.54, 1.807) is 6.92 Å². The molecule has 0 aromatic heterocycles. The van der Waals surface area contributed by atoms with Crippen LogP contribution in [0.15, 0.2) is 24.3 Å². The number of ether oxygens (including phenoxy) is 3. The van der Waals surface area contributed by atoms with Crippen molar-refractivity contribution in [1.29, 1.82) is 0 Å². The Hall–Kier alpha value is -2.38. The van der Waals surface area contributed by atoms with Gasteiger partial charge < -0.3 is 24.4 Å². The fourth-order valence-electron chi connectivity index (χ4n) is 11.4. The summed E-state index contributed by atoms with van der Waals surface area (Å²) in [7, 11) is 0. The molecule has 3 aliphatic carbocycles. The van der Waals surface area contributed by atoms with Crippen molar-refractivity contribution in [1.82, 2.24) is 0 Å². The zero-order valence-electron chi connectivity index (χ0n) is 40.8. The van der Waals surface area contributed by atoms with E-state index in [4.69, 9.17) is 14.2 Å². The van der Waals surface area contributed by atoms with Gasteiger partial charge in [0.15, 0.2) is 0 Å². The van der Waals surface area contributed by atoms with Crippen molar-refractivity contribution >= 4 is 11.9 Å². The predicted octanol–water partition coefficient (Wildman–Crippen LogP) is 13.3. The number of aliphatic hydroxyl groups is 2. The minimum absolute atomic E-state index is 0.0992. The molecule has 0 aliphatic heterocycles. The molecule has 1 atom stereocenters. The standard InChI is InChI=1S/C55H92O7/c1-9-12-14-16-42-17-19-43(20-18-42)44-21-23-45(24-22-44)46-25-27-47(28-26-46)50-35-48(29-32-61-52(58)40(4)5)51(49(36-50)30-33-62-53(59)54(6,7)8)60-34-31-55(38-56,39-57)37-41(11-3)15-13-10-2/h35-36,41-47,56-57H,4,9-34,37-39H2,1-3,5-8H3. The van der Waals surface area contributed by atoms with E-state index in [0.29, 0.717) is 43.3 Å². The molecule has 0 saturated heterocycles. The van der Waals surface area contributed by atoms with Crippen LogP contribution in [-0.4, -0.2) is 55.2 Å². The van der Waals surface area contributed by atoms with Gasteiger partial charge in [0.1, 0.15) is 5.75 Å². The zero-order valence-corrected chi connectivity index (χ0v) is 40.8. The number of carbonyl (C=O) groups excluding carboxylic acids is 2. The predicted molar refractivity (Wildman–Crippen MR) is 254 cm³/mol. The third-order valence-corrected chi connectivity index (χ3v) is 15.8. The molecule has 4 rings (SSSR count). The van der Waals surface area contributed by atoms with E-state index in [9.17, 15) is 19.8 Å². The van der Waals surface area contributed by atoms with Gasteiger partial charge in [-0.3, -0.25) is 4.79 Å². The molecule has 1 unspecified atom stereocenters. The van der Waals surface area contributed by atoms with Crippen molar-refractivity contribution in [2.24, 2.45) is 46.3 Å². The summed E-state index contributed by atoms with van der Waals surface area (Å²) in [5.74, 6) is 5.57. The van der Waals surface area contributed by atoms with Gasteiger partial charge in [-0.1, -0.05) is 104 Å². The lowest BCUT2D eigenvalue weighted by Crippen LogP contribution is -2.34. The molecule has 7 heteroatoms. The molecule has 0 amide bonds. The van der Waals surface area contributed by atoms with Gasteiger partial charge in [0.2, 0.25) is 0 Å². The molecular weight excluding hydrogens is 773 g/mol. The van der Waals surface area contributed by atoms with E-state index in [-0.39, 0.29) is 32.4 Å². The Kier molecular flexibility index (Phi) is 22.4. The molecule has 2 N–H and O–H groups in total. The van der Waals surface area contributed by atoms with E-state index < -0.39 is 16.8 Å². The molecule has 0 heterocycles. The third-order valence-electron chi connectivity index (χ3n) is 15.8. The molecule has 3 saturated carbocycles. The number of hydrogen-bond donors (Lipinski definition) is 2. The molecule has 62 heavy (non-hydrogen) atoms. The molecule has 3 aliphatic rings. The molecule has 354 valence electrons. The number of aliphatic hydroxyl groups excluding tert-OH is 2. The molecule has 3 fully saturated rings. The van der Waals surface area contributed by atoms with E-state index in [1.807, 2.05) is 20.8 Å². The van der Waals surface area contributed by atoms with Crippen LogP contribution in [0.4, 0.5) is 0 Å². The first kappa shape index (κ1) is 52.2. The second kappa shape index (κ2) is 26.5. The maximum Gasteiger partial charge on any atom is 0.333 e. The van der Waals surface area contributed by atoms with Crippen LogP contribution in [-0.2, 0) is 31.9 Å². The quantitative estimate of drug-likeness (QED) is 0.0543. The number of benzene rings is 1. The maximum atomic E-state index is 12.9. The highest BCUT2D eigenvalue weighted by atomic mass is 16.5. The van der Waals surface area contributed by atoms with Gasteiger partial charge in [0, 0.05) is 23.8 Å². The highest BCUT2D eigenvalue weighted by Gasteiger charge is 2.36. The number of rotatable bonds is 26. The monoisotopic (exact) mass is 865 g/mol. The van der Waals surface area contributed by atoms with Crippen molar-refractivity contribution in [3.8, 4) is 5.75 Å².